The largest absolute Gasteiger partial charge is 0.422 e. The van der Waals surface area contributed by atoms with Crippen molar-refractivity contribution in [3.63, 3.8) is 0 Å². The highest BCUT2D eigenvalue weighted by Gasteiger charge is 2.20. The summed E-state index contributed by atoms with van der Waals surface area (Å²) in [6.07, 6.45) is 8.53. The van der Waals surface area contributed by atoms with Crippen LogP contribution in [0.5, 0.6) is 5.75 Å². The summed E-state index contributed by atoms with van der Waals surface area (Å²) >= 11 is 0. The third kappa shape index (κ3) is 5.66. The number of hydrogen-bond donors (Lipinski definition) is 0. The summed E-state index contributed by atoms with van der Waals surface area (Å²) in [6.45, 7) is 9.09. The second-order valence-corrected chi connectivity index (χ2v) is 6.10. The first-order valence-electron chi connectivity index (χ1n) is 9.23. The smallest absolute Gasteiger partial charge is 0.343 e. The maximum absolute atomic E-state index is 12.5. The molecule has 29 heavy (non-hydrogen) atoms. The first-order chi connectivity index (χ1) is 14.0. The minimum absolute atomic E-state index is 0.284. The van der Waals surface area contributed by atoms with Crippen LogP contribution < -0.4 is 4.74 Å². The van der Waals surface area contributed by atoms with Crippen LogP contribution in [0, 0.1) is 0 Å². The van der Waals surface area contributed by atoms with Gasteiger partial charge in [0.1, 0.15) is 11.5 Å². The van der Waals surface area contributed by atoms with Crippen LogP contribution in [0.15, 0.2) is 85.0 Å². The number of esters is 2. The Labute approximate surface area is 171 Å². The molecule has 4 heteroatoms. The van der Waals surface area contributed by atoms with Crippen LogP contribution in [-0.2, 0) is 9.53 Å². The maximum atomic E-state index is 12.5. The number of hydrogen-bond acceptors (Lipinski definition) is 4. The molecule has 0 saturated carbocycles. The van der Waals surface area contributed by atoms with Crippen LogP contribution in [0.4, 0.5) is 0 Å². The Bertz CT molecular complexity index is 979. The third-order valence-electron chi connectivity index (χ3n) is 4.06. The number of ether oxygens (including phenoxy) is 2. The van der Waals surface area contributed by atoms with E-state index in [9.17, 15) is 9.59 Å². The molecule has 2 aromatic carbocycles. The van der Waals surface area contributed by atoms with Crippen molar-refractivity contribution in [2.75, 3.05) is 0 Å². The minimum Gasteiger partial charge on any atom is -0.422 e. The van der Waals surface area contributed by atoms with E-state index in [4.69, 9.17) is 9.47 Å². The van der Waals surface area contributed by atoms with Crippen LogP contribution in [0.2, 0.25) is 0 Å². The summed E-state index contributed by atoms with van der Waals surface area (Å²) < 4.78 is 11.2. The molecule has 2 aromatic rings. The van der Waals surface area contributed by atoms with Gasteiger partial charge in [0.2, 0.25) is 0 Å². The van der Waals surface area contributed by atoms with Gasteiger partial charge in [0.25, 0.3) is 0 Å². The van der Waals surface area contributed by atoms with Crippen molar-refractivity contribution in [1.29, 1.82) is 0 Å². The van der Waals surface area contributed by atoms with Gasteiger partial charge in [-0.25, -0.2) is 9.59 Å². The van der Waals surface area contributed by atoms with E-state index in [0.29, 0.717) is 22.3 Å². The Morgan fingerprint density at radius 3 is 2.34 bits per heavy atom. The van der Waals surface area contributed by atoms with Gasteiger partial charge in [-0.05, 0) is 50.6 Å². The van der Waals surface area contributed by atoms with Crippen molar-refractivity contribution in [1.82, 2.24) is 0 Å². The Morgan fingerprint density at radius 2 is 1.72 bits per heavy atom. The molecule has 0 N–H and O–H groups in total. The fraction of sp³-hybridized carbons (Fsp3) is 0.120. The van der Waals surface area contributed by atoms with Gasteiger partial charge in [-0.15, -0.1) is 0 Å². The van der Waals surface area contributed by atoms with Crippen molar-refractivity contribution in [3.05, 3.63) is 102 Å². The summed E-state index contributed by atoms with van der Waals surface area (Å²) in [7, 11) is 0. The lowest BCUT2D eigenvalue weighted by atomic mass is 10.0. The Kier molecular flexibility index (Phi) is 7.92. The predicted molar refractivity (Wildman–Crippen MR) is 116 cm³/mol. The van der Waals surface area contributed by atoms with Crippen LogP contribution in [-0.4, -0.2) is 11.9 Å². The molecule has 0 aliphatic heterocycles. The van der Waals surface area contributed by atoms with Crippen LogP contribution >= 0.6 is 0 Å². The van der Waals surface area contributed by atoms with E-state index in [0.717, 1.165) is 0 Å². The lowest BCUT2D eigenvalue weighted by Crippen LogP contribution is -2.12. The zero-order valence-corrected chi connectivity index (χ0v) is 16.8. The van der Waals surface area contributed by atoms with Crippen molar-refractivity contribution in [2.24, 2.45) is 0 Å². The summed E-state index contributed by atoms with van der Waals surface area (Å²) in [5.74, 6) is -0.420. The third-order valence-corrected chi connectivity index (χ3v) is 4.06. The number of benzene rings is 2. The normalized spacial score (nSPS) is 12.0. The molecule has 0 fully saturated rings. The lowest BCUT2D eigenvalue weighted by Gasteiger charge is -2.16. The number of carbonyl (C=O) groups excluding carboxylic acids is 2. The lowest BCUT2D eigenvalue weighted by molar-refractivity contribution is -0.130. The quantitative estimate of drug-likeness (QED) is 0.193. The van der Waals surface area contributed by atoms with Gasteiger partial charge in [-0.3, -0.25) is 0 Å². The SMILES string of the molecule is C=Cc1cccc(OC(=O)/C(C)=C/C=C\C)c1/C(=C\C)OC(=O)c1ccccc1. The second-order valence-electron chi connectivity index (χ2n) is 6.10. The summed E-state index contributed by atoms with van der Waals surface area (Å²) in [6, 6.07) is 13.9. The van der Waals surface area contributed by atoms with E-state index < -0.39 is 11.9 Å². The first-order valence-corrected chi connectivity index (χ1v) is 9.23. The molecule has 0 bridgehead atoms. The van der Waals surface area contributed by atoms with Gasteiger partial charge in [0.05, 0.1) is 11.1 Å². The molecule has 0 aromatic heterocycles. The van der Waals surface area contributed by atoms with Crippen molar-refractivity contribution < 1.29 is 19.1 Å². The molecular weight excluding hydrogens is 364 g/mol. The summed E-state index contributed by atoms with van der Waals surface area (Å²) in [5, 5.41) is 0. The Hall–Kier alpha value is -3.66. The van der Waals surface area contributed by atoms with Gasteiger partial charge < -0.3 is 9.47 Å². The van der Waals surface area contributed by atoms with E-state index in [1.54, 1.807) is 74.5 Å². The molecule has 0 amide bonds. The van der Waals surface area contributed by atoms with Crippen LogP contribution in [0.1, 0.15) is 42.3 Å². The van der Waals surface area contributed by atoms with Gasteiger partial charge >= 0.3 is 11.9 Å². The average Bonchev–Trinajstić information content (AvgIpc) is 2.76. The minimum atomic E-state index is -0.501. The van der Waals surface area contributed by atoms with Crippen molar-refractivity contribution in [2.45, 2.75) is 20.8 Å². The first kappa shape index (κ1) is 21.6. The topological polar surface area (TPSA) is 52.6 Å². The molecule has 0 atom stereocenters. The van der Waals surface area contributed by atoms with E-state index in [1.165, 1.54) is 0 Å². The molecule has 0 saturated heterocycles. The zero-order valence-electron chi connectivity index (χ0n) is 16.8. The number of allylic oxidation sites excluding steroid dienone is 4. The summed E-state index contributed by atoms with van der Waals surface area (Å²) in [5.41, 5.74) is 2.04. The number of rotatable bonds is 7. The number of carbonyl (C=O) groups is 2. The molecule has 0 aliphatic rings. The standard InChI is InChI=1S/C25H24O4/c1-5-8-13-18(4)24(26)29-22-17-12-16-19(6-2)23(22)21(7-3)28-25(27)20-14-10-9-11-15-20/h5-17H,2H2,1,3-4H3/b8-5-,18-13+,21-7+. The van der Waals surface area contributed by atoms with E-state index in [1.807, 2.05) is 25.1 Å². The van der Waals surface area contributed by atoms with E-state index in [-0.39, 0.29) is 11.5 Å². The fourth-order valence-electron chi connectivity index (χ4n) is 2.54. The average molecular weight is 388 g/mol. The van der Waals surface area contributed by atoms with Crippen LogP contribution in [0.25, 0.3) is 11.8 Å². The molecule has 0 aliphatic carbocycles. The molecule has 148 valence electrons. The molecule has 4 nitrogen and oxygen atoms in total. The zero-order chi connectivity index (χ0) is 21.2. The van der Waals surface area contributed by atoms with E-state index in [2.05, 4.69) is 6.58 Å². The van der Waals surface area contributed by atoms with Gasteiger partial charge in [0.15, 0.2) is 0 Å². The molecule has 0 heterocycles. The predicted octanol–water partition coefficient (Wildman–Crippen LogP) is 5.98. The molecular formula is C25H24O4. The molecule has 0 radical (unpaired) electrons. The highest BCUT2D eigenvalue weighted by atomic mass is 16.5. The molecule has 0 spiro atoms. The van der Waals surface area contributed by atoms with Gasteiger partial charge in [-0.2, -0.15) is 0 Å². The fourth-order valence-corrected chi connectivity index (χ4v) is 2.54. The van der Waals surface area contributed by atoms with Gasteiger partial charge in [-0.1, -0.05) is 61.2 Å². The maximum Gasteiger partial charge on any atom is 0.343 e. The highest BCUT2D eigenvalue weighted by Crippen LogP contribution is 2.32. The van der Waals surface area contributed by atoms with E-state index >= 15 is 0 Å². The molecule has 2 rings (SSSR count). The highest BCUT2D eigenvalue weighted by molar-refractivity contribution is 5.95. The Morgan fingerprint density at radius 1 is 1.00 bits per heavy atom. The van der Waals surface area contributed by atoms with Gasteiger partial charge in [0, 0.05) is 5.57 Å². The Balaban J connectivity index is 2.40. The summed E-state index contributed by atoms with van der Waals surface area (Å²) in [4.78, 5) is 25.0. The second kappa shape index (κ2) is 10.6. The van der Waals surface area contributed by atoms with Crippen molar-refractivity contribution >= 4 is 23.8 Å². The molecule has 0 unspecified atom stereocenters. The van der Waals surface area contributed by atoms with Crippen LogP contribution in [0.3, 0.4) is 0 Å². The van der Waals surface area contributed by atoms with Crippen molar-refractivity contribution in [3.8, 4) is 5.75 Å². The monoisotopic (exact) mass is 388 g/mol.